The monoisotopic (exact) mass is 467 g/mol. The normalized spacial score (nSPS) is 27.0. The molecule has 1 saturated carbocycles. The summed E-state index contributed by atoms with van der Waals surface area (Å²) in [6.45, 7) is 4.93. The van der Waals surface area contributed by atoms with Crippen LogP contribution in [-0.4, -0.2) is 39.7 Å². The fraction of sp³-hybridized carbons (Fsp3) is 0.609. The summed E-state index contributed by atoms with van der Waals surface area (Å²) >= 11 is 1.30. The highest BCUT2D eigenvalue weighted by atomic mass is 32.2. The van der Waals surface area contributed by atoms with E-state index in [1.807, 2.05) is 11.8 Å². The van der Waals surface area contributed by atoms with Crippen molar-refractivity contribution in [3.05, 3.63) is 35.4 Å². The smallest absolute Gasteiger partial charge is 0.342 e. The van der Waals surface area contributed by atoms with Gasteiger partial charge in [0.2, 0.25) is 11.8 Å². The van der Waals surface area contributed by atoms with Gasteiger partial charge in [-0.1, -0.05) is 30.0 Å². The van der Waals surface area contributed by atoms with Crippen LogP contribution in [0, 0.1) is 11.8 Å². The van der Waals surface area contributed by atoms with Crippen LogP contribution < -0.4 is 5.32 Å². The zero-order chi connectivity index (χ0) is 23.1. The van der Waals surface area contributed by atoms with Crippen LogP contribution in [0.25, 0.3) is 0 Å². The molecule has 0 spiro atoms. The summed E-state index contributed by atoms with van der Waals surface area (Å²) in [5, 5.41) is 3.14. The number of aliphatic imine (C=N–C) groups is 1. The average Bonchev–Trinajstić information content (AvgIpc) is 3.54. The first-order chi connectivity index (χ1) is 15.1. The second kappa shape index (κ2) is 8.72. The standard InChI is InChI=1S/C23H28F3N3O2S/c1-14(17-5-3-4-6-18(17)23(24,25)26)27-21-28-20(31)22(2,32-21)13-15-9-11-29(12-10-15)19(30)16-7-8-16/h3-6,14-16H,7-13H2,1-2H3,(H,27,28,31)/t14-,22-/m0/s1. The molecule has 1 aromatic rings. The molecule has 0 aromatic heterocycles. The van der Waals surface area contributed by atoms with Crippen molar-refractivity contribution in [1.82, 2.24) is 10.2 Å². The van der Waals surface area contributed by atoms with Crippen molar-refractivity contribution in [1.29, 1.82) is 0 Å². The van der Waals surface area contributed by atoms with E-state index in [9.17, 15) is 22.8 Å². The molecule has 32 heavy (non-hydrogen) atoms. The first-order valence-electron chi connectivity index (χ1n) is 11.1. The van der Waals surface area contributed by atoms with Gasteiger partial charge in [-0.05, 0) is 63.5 Å². The van der Waals surface area contributed by atoms with Gasteiger partial charge in [-0.25, -0.2) is 0 Å². The lowest BCUT2D eigenvalue weighted by Crippen LogP contribution is -2.42. The van der Waals surface area contributed by atoms with Crippen molar-refractivity contribution in [3.8, 4) is 0 Å². The Labute approximate surface area is 190 Å². The first kappa shape index (κ1) is 23.1. The topological polar surface area (TPSA) is 61.8 Å². The summed E-state index contributed by atoms with van der Waals surface area (Å²) in [4.78, 5) is 31.3. The Morgan fingerprint density at radius 3 is 2.53 bits per heavy atom. The zero-order valence-electron chi connectivity index (χ0n) is 18.2. The van der Waals surface area contributed by atoms with Crippen molar-refractivity contribution < 1.29 is 22.8 Å². The van der Waals surface area contributed by atoms with Gasteiger partial charge < -0.3 is 10.2 Å². The molecule has 1 N–H and O–H groups in total. The molecule has 2 saturated heterocycles. The number of halogens is 3. The van der Waals surface area contributed by atoms with Gasteiger partial charge in [0.25, 0.3) is 0 Å². The highest BCUT2D eigenvalue weighted by Crippen LogP contribution is 2.42. The first-order valence-corrected chi connectivity index (χ1v) is 11.9. The van der Waals surface area contributed by atoms with E-state index >= 15 is 0 Å². The summed E-state index contributed by atoms with van der Waals surface area (Å²) < 4.78 is 39.3. The maximum absolute atomic E-state index is 13.3. The quantitative estimate of drug-likeness (QED) is 0.678. The molecule has 3 aliphatic rings. The minimum absolute atomic E-state index is 0.0867. The maximum Gasteiger partial charge on any atom is 0.416 e. The van der Waals surface area contributed by atoms with Crippen LogP contribution in [0.4, 0.5) is 13.2 Å². The SMILES string of the molecule is C[C@H](N=C1NC(=O)[C@](C)(CC2CCN(C(=O)C3CC3)CC2)S1)c1ccccc1C(F)(F)F. The predicted molar refractivity (Wildman–Crippen MR) is 118 cm³/mol. The lowest BCUT2D eigenvalue weighted by atomic mass is 9.87. The highest BCUT2D eigenvalue weighted by molar-refractivity contribution is 8.16. The van der Waals surface area contributed by atoms with Crippen molar-refractivity contribution in [2.24, 2.45) is 16.8 Å². The van der Waals surface area contributed by atoms with E-state index in [1.165, 1.54) is 23.9 Å². The van der Waals surface area contributed by atoms with E-state index < -0.39 is 22.5 Å². The Morgan fingerprint density at radius 1 is 1.25 bits per heavy atom. The Balaban J connectivity index is 1.39. The number of likely N-dealkylation sites (tertiary alicyclic amines) is 1. The maximum atomic E-state index is 13.3. The fourth-order valence-corrected chi connectivity index (χ4v) is 5.81. The number of amides is 2. The number of benzene rings is 1. The second-order valence-corrected chi connectivity index (χ2v) is 10.7. The van der Waals surface area contributed by atoms with Crippen LogP contribution in [0.3, 0.4) is 0 Å². The minimum Gasteiger partial charge on any atom is -0.342 e. The molecule has 2 aliphatic heterocycles. The molecule has 0 radical (unpaired) electrons. The molecule has 1 aromatic carbocycles. The molecule has 174 valence electrons. The second-order valence-electron chi connectivity index (χ2n) is 9.23. The van der Waals surface area contributed by atoms with Gasteiger partial charge >= 0.3 is 6.18 Å². The van der Waals surface area contributed by atoms with Gasteiger partial charge in [0, 0.05) is 19.0 Å². The molecule has 3 fully saturated rings. The number of rotatable bonds is 5. The van der Waals surface area contributed by atoms with Crippen molar-refractivity contribution in [2.45, 2.75) is 62.9 Å². The van der Waals surface area contributed by atoms with Gasteiger partial charge in [0.1, 0.15) is 0 Å². The van der Waals surface area contributed by atoms with Gasteiger partial charge in [0.05, 0.1) is 16.4 Å². The summed E-state index contributed by atoms with van der Waals surface area (Å²) in [6, 6.07) is 4.66. The summed E-state index contributed by atoms with van der Waals surface area (Å²) in [5.74, 6) is 0.659. The molecule has 0 unspecified atom stereocenters. The van der Waals surface area contributed by atoms with Crippen LogP contribution in [0.1, 0.15) is 63.1 Å². The number of thioether (sulfide) groups is 1. The minimum atomic E-state index is -4.46. The number of nitrogens with zero attached hydrogens (tertiary/aromatic N) is 2. The molecule has 4 rings (SSSR count). The highest BCUT2D eigenvalue weighted by Gasteiger charge is 2.45. The van der Waals surface area contributed by atoms with Crippen LogP contribution in [-0.2, 0) is 15.8 Å². The van der Waals surface area contributed by atoms with E-state index in [2.05, 4.69) is 10.3 Å². The number of amidine groups is 1. The van der Waals surface area contributed by atoms with Crippen molar-refractivity contribution >= 4 is 28.7 Å². The predicted octanol–water partition coefficient (Wildman–Crippen LogP) is 4.78. The number of piperidine rings is 1. The summed E-state index contributed by atoms with van der Waals surface area (Å²) in [5.41, 5.74) is -0.620. The van der Waals surface area contributed by atoms with E-state index in [1.54, 1.807) is 13.0 Å². The Kier molecular flexibility index (Phi) is 6.31. The van der Waals surface area contributed by atoms with E-state index in [0.717, 1.165) is 44.8 Å². The van der Waals surface area contributed by atoms with Crippen LogP contribution in [0.5, 0.6) is 0 Å². The molecule has 9 heteroatoms. The van der Waals surface area contributed by atoms with Crippen molar-refractivity contribution in [2.75, 3.05) is 13.1 Å². The average molecular weight is 468 g/mol. The molecule has 1 aliphatic carbocycles. The lowest BCUT2D eigenvalue weighted by molar-refractivity contribution is -0.138. The largest absolute Gasteiger partial charge is 0.416 e. The molecular formula is C23H28F3N3O2S. The number of carbonyl (C=O) groups excluding carboxylic acids is 2. The van der Waals surface area contributed by atoms with Gasteiger partial charge in [0.15, 0.2) is 5.17 Å². The number of alkyl halides is 3. The number of hydrogen-bond donors (Lipinski definition) is 1. The summed E-state index contributed by atoms with van der Waals surface area (Å²) in [6.07, 6.45) is -0.0699. The fourth-order valence-electron chi connectivity index (χ4n) is 4.57. The number of nitrogens with one attached hydrogen (secondary N) is 1. The zero-order valence-corrected chi connectivity index (χ0v) is 19.1. The molecule has 2 amide bonds. The van der Waals surface area contributed by atoms with Crippen molar-refractivity contribution in [3.63, 3.8) is 0 Å². The molecule has 5 nitrogen and oxygen atoms in total. The molecule has 2 heterocycles. The third kappa shape index (κ3) is 4.97. The molecule has 2 atom stereocenters. The Hall–Kier alpha value is -2.03. The molecule has 0 bridgehead atoms. The van der Waals surface area contributed by atoms with Crippen LogP contribution >= 0.6 is 11.8 Å². The lowest BCUT2D eigenvalue weighted by Gasteiger charge is -2.34. The summed E-state index contributed by atoms with van der Waals surface area (Å²) in [7, 11) is 0. The third-order valence-corrected chi connectivity index (χ3v) is 7.78. The molecular weight excluding hydrogens is 439 g/mol. The Morgan fingerprint density at radius 2 is 1.91 bits per heavy atom. The van der Waals surface area contributed by atoms with Crippen LogP contribution in [0.2, 0.25) is 0 Å². The van der Waals surface area contributed by atoms with E-state index in [0.29, 0.717) is 17.5 Å². The van der Waals surface area contributed by atoms with E-state index in [-0.39, 0.29) is 23.3 Å². The Bertz CT molecular complexity index is 923. The number of carbonyl (C=O) groups is 2. The number of hydrogen-bond acceptors (Lipinski definition) is 4. The van der Waals surface area contributed by atoms with E-state index in [4.69, 9.17) is 0 Å². The van der Waals surface area contributed by atoms with Gasteiger partial charge in [-0.15, -0.1) is 0 Å². The van der Waals surface area contributed by atoms with Gasteiger partial charge in [-0.3, -0.25) is 14.6 Å². The van der Waals surface area contributed by atoms with Crippen LogP contribution in [0.15, 0.2) is 29.3 Å². The van der Waals surface area contributed by atoms with Gasteiger partial charge in [-0.2, -0.15) is 13.2 Å². The third-order valence-electron chi connectivity index (χ3n) is 6.58.